The number of nitrogens with zero attached hydrogens (tertiary/aromatic N) is 2. The minimum atomic E-state index is -3.84. The van der Waals surface area contributed by atoms with Crippen molar-refractivity contribution in [1.29, 1.82) is 0 Å². The number of carbonyl (C=O) groups excluding carboxylic acids is 1. The molecular formula is C24H24N2O5S. The van der Waals surface area contributed by atoms with E-state index in [-0.39, 0.29) is 24.5 Å². The molecule has 32 heavy (non-hydrogen) atoms. The van der Waals surface area contributed by atoms with Gasteiger partial charge in [-0.3, -0.25) is 4.98 Å². The smallest absolute Gasteiger partial charge is 0.338 e. The summed E-state index contributed by atoms with van der Waals surface area (Å²) in [4.78, 5) is 16.1. The summed E-state index contributed by atoms with van der Waals surface area (Å²) in [6.07, 6.45) is 2.52. The first-order chi connectivity index (χ1) is 15.4. The number of carbonyl (C=O) groups is 1. The largest absolute Gasteiger partial charge is 0.462 e. The highest BCUT2D eigenvalue weighted by Gasteiger charge is 2.43. The van der Waals surface area contributed by atoms with Gasteiger partial charge >= 0.3 is 5.97 Å². The molecule has 0 saturated heterocycles. The summed E-state index contributed by atoms with van der Waals surface area (Å²) < 4.78 is 33.4. The molecule has 0 aliphatic carbocycles. The quantitative estimate of drug-likeness (QED) is 0.578. The Morgan fingerprint density at radius 2 is 1.81 bits per heavy atom. The molecule has 1 aromatic heterocycles. The van der Waals surface area contributed by atoms with Gasteiger partial charge in [0.05, 0.1) is 29.2 Å². The number of pyridine rings is 1. The van der Waals surface area contributed by atoms with Crippen molar-refractivity contribution in [2.45, 2.75) is 36.9 Å². The fourth-order valence-corrected chi connectivity index (χ4v) is 5.80. The number of aromatic nitrogens is 1. The van der Waals surface area contributed by atoms with E-state index in [0.29, 0.717) is 11.1 Å². The van der Waals surface area contributed by atoms with E-state index in [1.165, 1.54) is 10.4 Å². The number of aliphatic hydroxyl groups excluding tert-OH is 1. The van der Waals surface area contributed by atoms with E-state index in [4.69, 9.17) is 4.74 Å². The van der Waals surface area contributed by atoms with Crippen LogP contribution in [0.25, 0.3) is 0 Å². The summed E-state index contributed by atoms with van der Waals surface area (Å²) in [7, 11) is -3.84. The summed E-state index contributed by atoms with van der Waals surface area (Å²) in [5, 5.41) is 11.2. The van der Waals surface area contributed by atoms with Crippen LogP contribution in [0.1, 0.15) is 40.1 Å². The zero-order chi connectivity index (χ0) is 22.7. The summed E-state index contributed by atoms with van der Waals surface area (Å²) in [6, 6.07) is 16.2. The van der Waals surface area contributed by atoms with E-state index in [9.17, 15) is 18.3 Å². The van der Waals surface area contributed by atoms with E-state index < -0.39 is 28.1 Å². The Bertz CT molecular complexity index is 1200. The second-order valence-electron chi connectivity index (χ2n) is 7.58. The Hall–Kier alpha value is -3.07. The highest BCUT2D eigenvalue weighted by molar-refractivity contribution is 7.89. The molecule has 7 nitrogen and oxygen atoms in total. The van der Waals surface area contributed by atoms with E-state index in [2.05, 4.69) is 4.98 Å². The van der Waals surface area contributed by atoms with Crippen LogP contribution in [0, 0.1) is 0 Å². The topological polar surface area (TPSA) is 96.8 Å². The monoisotopic (exact) mass is 452 g/mol. The minimum absolute atomic E-state index is 0.0904. The number of esters is 1. The lowest BCUT2D eigenvalue weighted by molar-refractivity contribution is 0.0526. The highest BCUT2D eigenvalue weighted by Crippen LogP contribution is 2.38. The van der Waals surface area contributed by atoms with Gasteiger partial charge in [0, 0.05) is 24.5 Å². The molecule has 0 saturated carbocycles. The summed E-state index contributed by atoms with van der Waals surface area (Å²) >= 11 is 0. The van der Waals surface area contributed by atoms with Gasteiger partial charge < -0.3 is 9.84 Å². The average molecular weight is 453 g/mol. The maximum atomic E-state index is 13.5. The molecule has 1 N–H and O–H groups in total. The summed E-state index contributed by atoms with van der Waals surface area (Å²) in [5.41, 5.74) is 2.34. The molecule has 0 amide bonds. The van der Waals surface area contributed by atoms with Crippen LogP contribution in [-0.2, 0) is 27.7 Å². The molecule has 0 radical (unpaired) electrons. The molecule has 2 heterocycles. The number of fused-ring (bicyclic) bond motifs is 1. The van der Waals surface area contributed by atoms with Crippen LogP contribution < -0.4 is 0 Å². The number of sulfonamides is 1. The molecule has 2 aromatic carbocycles. The van der Waals surface area contributed by atoms with E-state index >= 15 is 0 Å². The molecule has 0 bridgehead atoms. The van der Waals surface area contributed by atoms with Gasteiger partial charge in [-0.1, -0.05) is 36.4 Å². The number of hydrogen-bond acceptors (Lipinski definition) is 6. The van der Waals surface area contributed by atoms with E-state index in [1.807, 2.05) is 0 Å². The fourth-order valence-electron chi connectivity index (χ4n) is 3.95. The maximum Gasteiger partial charge on any atom is 0.338 e. The first-order valence-electron chi connectivity index (χ1n) is 10.4. The molecule has 166 valence electrons. The molecular weight excluding hydrogens is 428 g/mol. The molecule has 2 unspecified atom stereocenters. The molecule has 0 spiro atoms. The van der Waals surface area contributed by atoms with Crippen molar-refractivity contribution in [3.8, 4) is 0 Å². The van der Waals surface area contributed by atoms with Crippen molar-refractivity contribution in [2.24, 2.45) is 0 Å². The predicted molar refractivity (Wildman–Crippen MR) is 118 cm³/mol. The SMILES string of the molecule is CCOC(=O)c1ccc(CC2C(O)c3ccccc3S(=O)(=O)N2Cc2cccnc2)cc1. The lowest BCUT2D eigenvalue weighted by Crippen LogP contribution is -2.48. The Kier molecular flexibility index (Phi) is 6.36. The van der Waals surface area contributed by atoms with Crippen LogP contribution in [0.15, 0.2) is 78.0 Å². The highest BCUT2D eigenvalue weighted by atomic mass is 32.2. The number of hydrogen-bond donors (Lipinski definition) is 1. The van der Waals surface area contributed by atoms with Crippen LogP contribution in [0.3, 0.4) is 0 Å². The van der Waals surface area contributed by atoms with Crippen molar-refractivity contribution in [2.75, 3.05) is 6.61 Å². The fraction of sp³-hybridized carbons (Fsp3) is 0.250. The van der Waals surface area contributed by atoms with Gasteiger partial charge in [0.15, 0.2) is 0 Å². The lowest BCUT2D eigenvalue weighted by Gasteiger charge is -2.39. The summed E-state index contributed by atoms with van der Waals surface area (Å²) in [5.74, 6) is -0.411. The molecule has 8 heteroatoms. The van der Waals surface area contributed by atoms with Crippen molar-refractivity contribution < 1.29 is 23.1 Å². The van der Waals surface area contributed by atoms with Crippen LogP contribution in [0.5, 0.6) is 0 Å². The Morgan fingerprint density at radius 1 is 1.06 bits per heavy atom. The molecule has 2 atom stereocenters. The second kappa shape index (κ2) is 9.20. The van der Waals surface area contributed by atoms with Crippen molar-refractivity contribution >= 4 is 16.0 Å². The lowest BCUT2D eigenvalue weighted by atomic mass is 9.95. The van der Waals surface area contributed by atoms with E-state index in [1.54, 1.807) is 73.9 Å². The van der Waals surface area contributed by atoms with Gasteiger partial charge in [0.2, 0.25) is 10.0 Å². The summed E-state index contributed by atoms with van der Waals surface area (Å²) in [6.45, 7) is 2.12. The normalized spacial score (nSPS) is 19.8. The van der Waals surface area contributed by atoms with Crippen molar-refractivity contribution in [1.82, 2.24) is 9.29 Å². The van der Waals surface area contributed by atoms with Gasteiger partial charge in [0.25, 0.3) is 0 Å². The molecule has 4 rings (SSSR count). The standard InChI is InChI=1S/C24H24N2O5S/c1-2-31-24(28)19-11-9-17(10-12-19)14-21-23(27)20-7-3-4-8-22(20)32(29,30)26(21)16-18-6-5-13-25-15-18/h3-13,15,21,23,27H,2,14,16H2,1H3. The number of ether oxygens (including phenoxy) is 1. The molecule has 0 fully saturated rings. The first-order valence-corrected chi connectivity index (χ1v) is 11.8. The van der Waals surface area contributed by atoms with Gasteiger partial charge in [-0.05, 0) is 48.7 Å². The van der Waals surface area contributed by atoms with Gasteiger partial charge in [-0.25, -0.2) is 13.2 Å². The van der Waals surface area contributed by atoms with Crippen molar-refractivity contribution in [3.05, 3.63) is 95.3 Å². The molecule has 1 aliphatic rings. The van der Waals surface area contributed by atoms with E-state index in [0.717, 1.165) is 11.1 Å². The van der Waals surface area contributed by atoms with Gasteiger partial charge in [-0.2, -0.15) is 4.31 Å². The van der Waals surface area contributed by atoms with Gasteiger partial charge in [-0.15, -0.1) is 0 Å². The Morgan fingerprint density at radius 3 is 2.50 bits per heavy atom. The zero-order valence-electron chi connectivity index (χ0n) is 17.6. The van der Waals surface area contributed by atoms with Gasteiger partial charge in [0.1, 0.15) is 0 Å². The number of benzene rings is 2. The first kappa shape index (κ1) is 22.1. The van der Waals surface area contributed by atoms with Crippen molar-refractivity contribution in [3.63, 3.8) is 0 Å². The Balaban J connectivity index is 1.70. The number of rotatable bonds is 6. The minimum Gasteiger partial charge on any atom is -0.462 e. The van der Waals surface area contributed by atoms with Crippen LogP contribution in [0.4, 0.5) is 0 Å². The molecule has 3 aromatic rings. The third-order valence-electron chi connectivity index (χ3n) is 5.53. The second-order valence-corrected chi connectivity index (χ2v) is 9.44. The van der Waals surface area contributed by atoms with Crippen LogP contribution in [0.2, 0.25) is 0 Å². The average Bonchev–Trinajstić information content (AvgIpc) is 2.81. The third kappa shape index (κ3) is 4.29. The zero-order valence-corrected chi connectivity index (χ0v) is 18.4. The maximum absolute atomic E-state index is 13.5. The van der Waals surface area contributed by atoms with Crippen LogP contribution in [-0.4, -0.2) is 41.4 Å². The van der Waals surface area contributed by atoms with Crippen LogP contribution >= 0.6 is 0 Å². The third-order valence-corrected chi connectivity index (χ3v) is 7.47. The Labute approximate surface area is 187 Å². The number of aliphatic hydroxyl groups is 1. The molecule has 1 aliphatic heterocycles. The predicted octanol–water partition coefficient (Wildman–Crippen LogP) is 3.11.